The zero-order chi connectivity index (χ0) is 37.0. The van der Waals surface area contributed by atoms with Crippen LogP contribution in [0.5, 0.6) is 0 Å². The third-order valence-electron chi connectivity index (χ3n) is 10.3. The van der Waals surface area contributed by atoms with Gasteiger partial charge in [-0.15, -0.1) is 0 Å². The van der Waals surface area contributed by atoms with Crippen molar-refractivity contribution < 1.29 is 4.42 Å². The summed E-state index contributed by atoms with van der Waals surface area (Å²) in [6.07, 6.45) is 0. The highest BCUT2D eigenvalue weighted by Crippen LogP contribution is 2.40. The number of fused-ring (bicyclic) bond motifs is 6. The molecule has 11 rings (SSSR count). The molecule has 11 aromatic rings. The predicted octanol–water partition coefficient (Wildman–Crippen LogP) is 12.0. The lowest BCUT2D eigenvalue weighted by Gasteiger charge is -2.11. The topological polar surface area (TPSA) is 82.5 Å². The second-order valence-electron chi connectivity index (χ2n) is 13.7. The summed E-state index contributed by atoms with van der Waals surface area (Å²) in [6, 6.07) is 61.7. The summed E-state index contributed by atoms with van der Waals surface area (Å²) in [5, 5.41) is 3.01. The molecule has 7 heteroatoms. The summed E-state index contributed by atoms with van der Waals surface area (Å²) in [4.78, 5) is 25.6. The molecule has 0 fully saturated rings. The molecule has 0 radical (unpaired) electrons. The minimum Gasteiger partial charge on any atom is -0.452 e. The van der Waals surface area contributed by atoms with Crippen molar-refractivity contribution in [3.8, 4) is 62.5 Å². The molecule has 0 N–H and O–H groups in total. The van der Waals surface area contributed by atoms with Crippen molar-refractivity contribution in [1.29, 1.82) is 0 Å². The van der Waals surface area contributed by atoms with E-state index in [4.69, 9.17) is 29.3 Å². The maximum Gasteiger partial charge on any atom is 0.238 e. The van der Waals surface area contributed by atoms with Crippen molar-refractivity contribution >= 4 is 43.9 Å². The van der Waals surface area contributed by atoms with Gasteiger partial charge in [0.25, 0.3) is 0 Å². The largest absolute Gasteiger partial charge is 0.452 e. The van der Waals surface area contributed by atoms with Crippen LogP contribution in [-0.4, -0.2) is 29.5 Å². The summed E-state index contributed by atoms with van der Waals surface area (Å²) >= 11 is 0. The highest BCUT2D eigenvalue weighted by molar-refractivity contribution is 6.17. The van der Waals surface area contributed by atoms with Crippen molar-refractivity contribution in [2.75, 3.05) is 0 Å². The van der Waals surface area contributed by atoms with E-state index >= 15 is 0 Å². The Bertz CT molecular complexity index is 3210. The van der Waals surface area contributed by atoms with Gasteiger partial charge in [-0.25, -0.2) is 15.0 Å². The van der Waals surface area contributed by atoms with Gasteiger partial charge in [-0.3, -0.25) is 4.57 Å². The number of nitrogens with zero attached hydrogens (tertiary/aromatic N) is 6. The molecule has 4 aromatic heterocycles. The van der Waals surface area contributed by atoms with Gasteiger partial charge in [-0.05, 0) is 23.3 Å². The number of benzene rings is 7. The normalized spacial score (nSPS) is 11.6. The van der Waals surface area contributed by atoms with E-state index in [0.29, 0.717) is 34.6 Å². The molecular weight excluding hydrogens is 689 g/mol. The van der Waals surface area contributed by atoms with E-state index in [1.165, 1.54) is 0 Å². The Balaban J connectivity index is 1.16. The minimum atomic E-state index is 0.513. The third-order valence-corrected chi connectivity index (χ3v) is 10.3. The molecule has 0 spiro atoms. The second kappa shape index (κ2) is 13.0. The lowest BCUT2D eigenvalue weighted by atomic mass is 10.0. The molecule has 7 aromatic carbocycles. The molecule has 262 valence electrons. The average Bonchev–Trinajstić information content (AvgIpc) is 3.81. The molecule has 0 saturated heterocycles. The van der Waals surface area contributed by atoms with Crippen molar-refractivity contribution in [2.24, 2.45) is 0 Å². The van der Waals surface area contributed by atoms with E-state index in [2.05, 4.69) is 95.6 Å². The summed E-state index contributed by atoms with van der Waals surface area (Å²) in [5.41, 5.74) is 10.7. The fourth-order valence-electron chi connectivity index (χ4n) is 7.58. The Morgan fingerprint density at radius 2 is 0.857 bits per heavy atom. The van der Waals surface area contributed by atoms with E-state index < -0.39 is 0 Å². The Labute approximate surface area is 321 Å². The highest BCUT2D eigenvalue weighted by Gasteiger charge is 2.23. The Hall–Kier alpha value is -7.77. The molecule has 0 aliphatic carbocycles. The van der Waals surface area contributed by atoms with Crippen LogP contribution in [0.4, 0.5) is 0 Å². The van der Waals surface area contributed by atoms with Gasteiger partial charge in [0.15, 0.2) is 23.1 Å². The van der Waals surface area contributed by atoms with Gasteiger partial charge in [0.1, 0.15) is 16.8 Å². The van der Waals surface area contributed by atoms with Gasteiger partial charge < -0.3 is 4.42 Å². The average molecular weight is 719 g/mol. The van der Waals surface area contributed by atoms with Crippen LogP contribution in [0.1, 0.15) is 0 Å². The lowest BCUT2D eigenvalue weighted by Crippen LogP contribution is -2.06. The number of para-hydroxylation sites is 1. The smallest absolute Gasteiger partial charge is 0.238 e. The van der Waals surface area contributed by atoms with Crippen molar-refractivity contribution in [2.45, 2.75) is 0 Å². The van der Waals surface area contributed by atoms with Gasteiger partial charge in [0, 0.05) is 44.5 Å². The molecule has 0 aliphatic rings. The second-order valence-corrected chi connectivity index (χ2v) is 13.7. The first-order valence-corrected chi connectivity index (χ1v) is 18.5. The molecule has 0 atom stereocenters. The Morgan fingerprint density at radius 3 is 1.50 bits per heavy atom. The SMILES string of the molecule is c1ccc(-c2ccc(-c3nc(-c4ccccc4)nc(-n4c5ccccc5c5cc6c(cc54)oc4c(-c5ccccc5)nc(-c5ccccc5)nc46)n3)cc2)cc1. The first-order chi connectivity index (χ1) is 27.7. The van der Waals surface area contributed by atoms with Crippen LogP contribution in [-0.2, 0) is 0 Å². The van der Waals surface area contributed by atoms with Gasteiger partial charge >= 0.3 is 0 Å². The highest BCUT2D eigenvalue weighted by atomic mass is 16.3. The molecule has 56 heavy (non-hydrogen) atoms. The molecule has 0 unspecified atom stereocenters. The standard InChI is InChI=1S/C49H30N6O/c1-5-15-31(16-6-1)32-25-27-36(28-26-32)48-52-47(35-21-11-4-12-22-35)53-49(54-48)55-40-24-14-13-23-37(40)38-29-39-42(30-41(38)55)56-45-43(33-17-7-2-8-18-33)50-46(51-44(39)45)34-19-9-3-10-20-34/h1-30H. The van der Waals surface area contributed by atoms with E-state index in [-0.39, 0.29) is 0 Å². The van der Waals surface area contributed by atoms with Crippen LogP contribution in [0.2, 0.25) is 0 Å². The van der Waals surface area contributed by atoms with E-state index in [9.17, 15) is 0 Å². The summed E-state index contributed by atoms with van der Waals surface area (Å²) in [7, 11) is 0. The molecule has 0 saturated carbocycles. The van der Waals surface area contributed by atoms with Crippen LogP contribution >= 0.6 is 0 Å². The van der Waals surface area contributed by atoms with Crippen LogP contribution in [0, 0.1) is 0 Å². The number of hydrogen-bond donors (Lipinski definition) is 0. The molecule has 7 nitrogen and oxygen atoms in total. The van der Waals surface area contributed by atoms with Crippen LogP contribution in [0.3, 0.4) is 0 Å². The Morgan fingerprint density at radius 1 is 0.357 bits per heavy atom. The number of hydrogen-bond acceptors (Lipinski definition) is 6. The van der Waals surface area contributed by atoms with Crippen LogP contribution in [0.25, 0.3) is 106 Å². The summed E-state index contributed by atoms with van der Waals surface area (Å²) in [6.45, 7) is 0. The van der Waals surface area contributed by atoms with Gasteiger partial charge in [-0.1, -0.05) is 164 Å². The van der Waals surface area contributed by atoms with Gasteiger partial charge in [-0.2, -0.15) is 9.97 Å². The monoisotopic (exact) mass is 718 g/mol. The fraction of sp³-hybridized carbons (Fsp3) is 0. The molecule has 0 amide bonds. The third kappa shape index (κ3) is 5.33. The quantitative estimate of drug-likeness (QED) is 0.170. The first-order valence-electron chi connectivity index (χ1n) is 18.5. The van der Waals surface area contributed by atoms with Gasteiger partial charge in [0.2, 0.25) is 5.95 Å². The van der Waals surface area contributed by atoms with Crippen molar-refractivity contribution in [1.82, 2.24) is 29.5 Å². The summed E-state index contributed by atoms with van der Waals surface area (Å²) < 4.78 is 8.88. The zero-order valence-corrected chi connectivity index (χ0v) is 29.9. The number of aromatic nitrogens is 6. The minimum absolute atomic E-state index is 0.513. The first kappa shape index (κ1) is 31.7. The lowest BCUT2D eigenvalue weighted by molar-refractivity contribution is 0.667. The maximum atomic E-state index is 6.77. The van der Waals surface area contributed by atoms with Crippen LogP contribution < -0.4 is 0 Å². The number of rotatable bonds is 6. The molecular formula is C49H30N6O. The fourth-order valence-corrected chi connectivity index (χ4v) is 7.58. The van der Waals surface area contributed by atoms with Gasteiger partial charge in [0.05, 0.1) is 11.0 Å². The molecule has 4 heterocycles. The van der Waals surface area contributed by atoms with E-state index in [0.717, 1.165) is 71.8 Å². The van der Waals surface area contributed by atoms with E-state index in [1.54, 1.807) is 0 Å². The number of furan rings is 1. The zero-order valence-electron chi connectivity index (χ0n) is 29.9. The van der Waals surface area contributed by atoms with Crippen LogP contribution in [0.15, 0.2) is 186 Å². The maximum absolute atomic E-state index is 6.77. The van der Waals surface area contributed by atoms with E-state index in [1.807, 2.05) is 91.0 Å². The van der Waals surface area contributed by atoms with Crippen molar-refractivity contribution in [3.05, 3.63) is 182 Å². The van der Waals surface area contributed by atoms with Crippen molar-refractivity contribution in [3.63, 3.8) is 0 Å². The summed E-state index contributed by atoms with van der Waals surface area (Å²) in [5.74, 6) is 2.33. The Kier molecular flexibility index (Phi) is 7.35. The predicted molar refractivity (Wildman–Crippen MR) is 224 cm³/mol. The molecule has 0 aliphatic heterocycles. The molecule has 0 bridgehead atoms.